The molecule has 4 aromatic rings. The number of anilines is 1. The number of nitrogens with two attached hydrogens (primary N) is 1. The fourth-order valence-corrected chi connectivity index (χ4v) is 3.59. The molecule has 0 radical (unpaired) electrons. The van der Waals surface area contributed by atoms with Gasteiger partial charge in [-0.25, -0.2) is 4.98 Å². The third-order valence-electron chi connectivity index (χ3n) is 5.03. The number of fused-ring (bicyclic) bond motifs is 2. The molecular formula is C17H17N9O. The van der Waals surface area contributed by atoms with Gasteiger partial charge in [0.25, 0.3) is 0 Å². The van der Waals surface area contributed by atoms with Crippen molar-refractivity contribution in [2.45, 2.75) is 25.3 Å². The molecule has 1 fully saturated rings. The molecule has 2 unspecified atom stereocenters. The zero-order valence-corrected chi connectivity index (χ0v) is 14.3. The van der Waals surface area contributed by atoms with Gasteiger partial charge in [-0.3, -0.25) is 9.89 Å². The predicted octanol–water partition coefficient (Wildman–Crippen LogP) is 1.15. The Balaban J connectivity index is 1.46. The van der Waals surface area contributed by atoms with Gasteiger partial charge in [-0.05, 0) is 37.5 Å². The maximum absolute atomic E-state index is 11.4. The number of aromatic nitrogens is 7. The van der Waals surface area contributed by atoms with Gasteiger partial charge < -0.3 is 11.1 Å². The van der Waals surface area contributed by atoms with Gasteiger partial charge >= 0.3 is 0 Å². The van der Waals surface area contributed by atoms with E-state index in [-0.39, 0.29) is 17.9 Å². The summed E-state index contributed by atoms with van der Waals surface area (Å²) in [7, 11) is 0. The van der Waals surface area contributed by atoms with Gasteiger partial charge in [0.1, 0.15) is 0 Å². The van der Waals surface area contributed by atoms with Crippen LogP contribution in [0.3, 0.4) is 0 Å². The Bertz CT molecular complexity index is 1150. The number of nitrogens with zero attached hydrogens (tertiary/aromatic N) is 6. The van der Waals surface area contributed by atoms with E-state index in [1.165, 1.54) is 0 Å². The van der Waals surface area contributed by atoms with Gasteiger partial charge in [0, 0.05) is 17.3 Å². The van der Waals surface area contributed by atoms with Crippen LogP contribution in [0.25, 0.3) is 27.8 Å². The third kappa shape index (κ3) is 2.75. The fraction of sp³-hybridized carbons (Fsp3) is 0.294. The third-order valence-corrected chi connectivity index (χ3v) is 5.03. The normalized spacial score (nSPS) is 19.7. The lowest BCUT2D eigenvalue weighted by Gasteiger charge is -2.12. The predicted molar refractivity (Wildman–Crippen MR) is 98.1 cm³/mol. The van der Waals surface area contributed by atoms with Crippen LogP contribution in [0.4, 0.5) is 5.95 Å². The molecule has 27 heavy (non-hydrogen) atoms. The van der Waals surface area contributed by atoms with Crippen LogP contribution in [0.15, 0.2) is 30.6 Å². The van der Waals surface area contributed by atoms with Crippen LogP contribution in [0, 0.1) is 5.92 Å². The molecule has 0 spiro atoms. The number of carbonyl (C=O) groups is 1. The first-order valence-corrected chi connectivity index (χ1v) is 8.75. The number of hydrogen-bond donors (Lipinski definition) is 3. The zero-order chi connectivity index (χ0) is 18.4. The number of carbonyl (C=O) groups excluding carboxylic acids is 1. The number of aromatic amines is 1. The molecular weight excluding hydrogens is 346 g/mol. The van der Waals surface area contributed by atoms with E-state index >= 15 is 0 Å². The summed E-state index contributed by atoms with van der Waals surface area (Å²) >= 11 is 0. The van der Waals surface area contributed by atoms with Crippen molar-refractivity contribution in [3.05, 3.63) is 30.6 Å². The number of amides is 1. The Labute approximate surface area is 153 Å². The Morgan fingerprint density at radius 2 is 2.22 bits per heavy atom. The van der Waals surface area contributed by atoms with E-state index in [9.17, 15) is 4.79 Å². The van der Waals surface area contributed by atoms with Crippen molar-refractivity contribution >= 4 is 33.9 Å². The van der Waals surface area contributed by atoms with Crippen LogP contribution in [-0.4, -0.2) is 47.1 Å². The van der Waals surface area contributed by atoms with Gasteiger partial charge in [-0.15, -0.1) is 5.10 Å². The molecule has 0 bridgehead atoms. The van der Waals surface area contributed by atoms with Crippen LogP contribution in [-0.2, 0) is 4.79 Å². The van der Waals surface area contributed by atoms with Crippen molar-refractivity contribution in [2.75, 3.05) is 5.32 Å². The van der Waals surface area contributed by atoms with Crippen LogP contribution >= 0.6 is 0 Å². The Morgan fingerprint density at radius 1 is 1.30 bits per heavy atom. The zero-order valence-electron chi connectivity index (χ0n) is 14.3. The number of benzene rings is 1. The number of primary amides is 1. The minimum Gasteiger partial charge on any atom is -0.369 e. The molecule has 10 heteroatoms. The van der Waals surface area contributed by atoms with Gasteiger partial charge in [-0.2, -0.15) is 14.8 Å². The highest BCUT2D eigenvalue weighted by Crippen LogP contribution is 2.27. The number of rotatable bonds is 4. The van der Waals surface area contributed by atoms with E-state index in [4.69, 9.17) is 5.73 Å². The summed E-state index contributed by atoms with van der Waals surface area (Å²) in [6, 6.07) is 5.97. The first kappa shape index (κ1) is 15.7. The van der Waals surface area contributed by atoms with Crippen molar-refractivity contribution in [3.63, 3.8) is 0 Å². The first-order valence-electron chi connectivity index (χ1n) is 8.75. The van der Waals surface area contributed by atoms with Gasteiger partial charge in [-0.1, -0.05) is 5.21 Å². The number of H-pyrrole nitrogens is 1. The van der Waals surface area contributed by atoms with Crippen LogP contribution in [0.5, 0.6) is 0 Å². The highest BCUT2D eigenvalue weighted by atomic mass is 16.1. The summed E-state index contributed by atoms with van der Waals surface area (Å²) in [5, 5.41) is 19.6. The van der Waals surface area contributed by atoms with E-state index in [2.05, 4.69) is 35.8 Å². The van der Waals surface area contributed by atoms with Gasteiger partial charge in [0.05, 0.1) is 23.6 Å². The van der Waals surface area contributed by atoms with Gasteiger partial charge in [0.2, 0.25) is 11.9 Å². The molecule has 10 nitrogen and oxygen atoms in total. The molecule has 3 aromatic heterocycles. The smallest absolute Gasteiger partial charge is 0.225 e. The Kier molecular flexibility index (Phi) is 3.49. The maximum atomic E-state index is 11.4. The Hall–Kier alpha value is -3.56. The fourth-order valence-electron chi connectivity index (χ4n) is 3.59. The summed E-state index contributed by atoms with van der Waals surface area (Å²) in [5.74, 6) is 0.165. The molecule has 136 valence electrons. The number of nitrogens with one attached hydrogen (secondary N) is 2. The van der Waals surface area contributed by atoms with E-state index in [0.717, 1.165) is 29.4 Å². The van der Waals surface area contributed by atoms with E-state index < -0.39 is 0 Å². The van der Waals surface area contributed by atoms with Gasteiger partial charge in [0.15, 0.2) is 11.2 Å². The second-order valence-corrected chi connectivity index (χ2v) is 6.80. The van der Waals surface area contributed by atoms with E-state index in [0.29, 0.717) is 23.5 Å². The molecule has 1 aliphatic carbocycles. The lowest BCUT2D eigenvalue weighted by Crippen LogP contribution is -2.23. The second kappa shape index (κ2) is 6.01. The molecule has 4 N–H and O–H groups in total. The summed E-state index contributed by atoms with van der Waals surface area (Å²) in [4.78, 5) is 20.3. The van der Waals surface area contributed by atoms with Crippen molar-refractivity contribution in [1.29, 1.82) is 0 Å². The van der Waals surface area contributed by atoms with Crippen molar-refractivity contribution in [3.8, 4) is 5.69 Å². The van der Waals surface area contributed by atoms with Crippen molar-refractivity contribution in [2.24, 2.45) is 11.7 Å². The largest absolute Gasteiger partial charge is 0.369 e. The molecule has 1 saturated carbocycles. The average Bonchev–Trinajstić information content (AvgIpc) is 3.40. The van der Waals surface area contributed by atoms with Crippen molar-refractivity contribution in [1.82, 2.24) is 35.2 Å². The topological polar surface area (TPSA) is 140 Å². The molecule has 2 atom stereocenters. The lowest BCUT2D eigenvalue weighted by atomic mass is 10.1. The summed E-state index contributed by atoms with van der Waals surface area (Å²) in [5.41, 5.74) is 8.41. The molecule has 0 aliphatic heterocycles. The maximum Gasteiger partial charge on any atom is 0.225 e. The van der Waals surface area contributed by atoms with Crippen LogP contribution < -0.4 is 11.1 Å². The molecule has 3 heterocycles. The summed E-state index contributed by atoms with van der Waals surface area (Å²) in [6.45, 7) is 0. The molecule has 5 rings (SSSR count). The first-order chi connectivity index (χ1) is 13.2. The van der Waals surface area contributed by atoms with E-state index in [1.54, 1.807) is 17.1 Å². The van der Waals surface area contributed by atoms with Crippen molar-refractivity contribution < 1.29 is 4.79 Å². The van der Waals surface area contributed by atoms with E-state index in [1.807, 2.05) is 18.2 Å². The SMILES string of the molecule is NC(=O)C1CCC(Nc2ncc3nnn(-c4ccc5[nH]ncc5c4)c3n2)C1. The summed E-state index contributed by atoms with van der Waals surface area (Å²) in [6.07, 6.45) is 5.76. The monoisotopic (exact) mass is 363 g/mol. The minimum atomic E-state index is -0.243. The molecule has 1 aromatic carbocycles. The Morgan fingerprint density at radius 3 is 3.07 bits per heavy atom. The number of hydrogen-bond acceptors (Lipinski definition) is 7. The average molecular weight is 363 g/mol. The van der Waals surface area contributed by atoms with Crippen LogP contribution in [0.1, 0.15) is 19.3 Å². The highest BCUT2D eigenvalue weighted by molar-refractivity contribution is 5.81. The lowest BCUT2D eigenvalue weighted by molar-refractivity contribution is -0.121. The molecule has 1 amide bonds. The minimum absolute atomic E-state index is 0.0832. The highest BCUT2D eigenvalue weighted by Gasteiger charge is 2.28. The molecule has 1 aliphatic rings. The second-order valence-electron chi connectivity index (χ2n) is 6.80. The molecule has 0 saturated heterocycles. The van der Waals surface area contributed by atoms with Crippen LogP contribution in [0.2, 0.25) is 0 Å². The standard InChI is InChI=1S/C17H17N9O/c18-15(27)9-1-2-11(5-9)21-17-19-8-14-16(22-17)26(25-24-14)12-3-4-13-10(6-12)7-20-23-13/h3-4,6-9,11H,1-2,5H2,(H2,18,27)(H,20,23)(H,19,21,22). The quantitative estimate of drug-likeness (QED) is 0.494. The summed E-state index contributed by atoms with van der Waals surface area (Å²) < 4.78 is 1.68.